The van der Waals surface area contributed by atoms with Gasteiger partial charge >= 0.3 is 0 Å². The highest BCUT2D eigenvalue weighted by Gasteiger charge is 2.43. The van der Waals surface area contributed by atoms with Crippen LogP contribution in [-0.4, -0.2) is 70.1 Å². The molecule has 0 saturated carbocycles. The Hall–Kier alpha value is 0.110. The van der Waals surface area contributed by atoms with Crippen LogP contribution >= 0.6 is 12.6 Å². The van der Waals surface area contributed by atoms with Crippen molar-refractivity contribution < 1.29 is 29.9 Å². The van der Waals surface area contributed by atoms with Crippen molar-refractivity contribution in [1.29, 1.82) is 0 Å². The summed E-state index contributed by atoms with van der Waals surface area (Å²) < 4.78 is 10.5. The third-order valence-corrected chi connectivity index (χ3v) is 3.25. The molecule has 1 heterocycles. The van der Waals surface area contributed by atoms with Crippen molar-refractivity contribution >= 4 is 12.6 Å². The first-order chi connectivity index (χ1) is 8.61. The molecule has 7 heteroatoms. The Bertz CT molecular complexity index is 228. The fourth-order valence-corrected chi connectivity index (χ4v) is 2.02. The maximum atomic E-state index is 9.67. The molecule has 0 aliphatic carbocycles. The van der Waals surface area contributed by atoms with Crippen LogP contribution in [-0.2, 0) is 9.47 Å². The summed E-state index contributed by atoms with van der Waals surface area (Å²) in [6.45, 7) is -0.0546. The Balaban J connectivity index is 2.35. The van der Waals surface area contributed by atoms with Gasteiger partial charge in [-0.05, 0) is 18.6 Å². The van der Waals surface area contributed by atoms with Gasteiger partial charge in [-0.2, -0.15) is 12.6 Å². The molecule has 0 spiro atoms. The molecule has 1 aliphatic heterocycles. The van der Waals surface area contributed by atoms with Gasteiger partial charge in [-0.1, -0.05) is 6.42 Å². The van der Waals surface area contributed by atoms with Gasteiger partial charge in [-0.25, -0.2) is 0 Å². The second-order valence-corrected chi connectivity index (χ2v) is 4.80. The van der Waals surface area contributed by atoms with Crippen molar-refractivity contribution in [3.63, 3.8) is 0 Å². The molecule has 0 aromatic heterocycles. The van der Waals surface area contributed by atoms with E-state index in [1.807, 2.05) is 0 Å². The van der Waals surface area contributed by atoms with Gasteiger partial charge < -0.3 is 29.9 Å². The van der Waals surface area contributed by atoms with Crippen molar-refractivity contribution in [2.24, 2.45) is 0 Å². The molecule has 2 unspecified atom stereocenters. The quantitative estimate of drug-likeness (QED) is 0.300. The van der Waals surface area contributed by atoms with E-state index in [0.717, 1.165) is 25.0 Å². The van der Waals surface area contributed by atoms with E-state index in [1.54, 1.807) is 0 Å². The third kappa shape index (κ3) is 4.34. The third-order valence-electron chi connectivity index (χ3n) is 2.93. The summed E-state index contributed by atoms with van der Waals surface area (Å²) in [5.74, 6) is 0.819. The number of aliphatic hydroxyl groups is 4. The van der Waals surface area contributed by atoms with Crippen LogP contribution in [0.2, 0.25) is 0 Å². The average molecular weight is 282 g/mol. The molecule has 18 heavy (non-hydrogen) atoms. The number of hydrogen-bond donors (Lipinski definition) is 5. The molecule has 6 nitrogen and oxygen atoms in total. The summed E-state index contributed by atoms with van der Waals surface area (Å²) in [4.78, 5) is 0. The van der Waals surface area contributed by atoms with E-state index >= 15 is 0 Å². The molecular weight excluding hydrogens is 260 g/mol. The van der Waals surface area contributed by atoms with Crippen molar-refractivity contribution in [1.82, 2.24) is 0 Å². The molecule has 0 radical (unpaired) electrons. The number of hydrogen-bond acceptors (Lipinski definition) is 7. The highest BCUT2D eigenvalue weighted by molar-refractivity contribution is 7.80. The minimum absolute atomic E-state index is 0.385. The predicted molar refractivity (Wildman–Crippen MR) is 67.4 cm³/mol. The predicted octanol–water partition coefficient (Wildman–Crippen LogP) is -1.10. The van der Waals surface area contributed by atoms with Gasteiger partial charge in [0.1, 0.15) is 24.4 Å². The topological polar surface area (TPSA) is 99.4 Å². The number of aliphatic hydroxyl groups excluding tert-OH is 4. The summed E-state index contributed by atoms with van der Waals surface area (Å²) in [7, 11) is 0. The lowest BCUT2D eigenvalue weighted by atomic mass is 9.99. The molecule has 4 N–H and O–H groups in total. The van der Waals surface area contributed by atoms with Crippen LogP contribution in [0.15, 0.2) is 0 Å². The molecule has 1 aliphatic rings. The number of thiol groups is 1. The summed E-state index contributed by atoms with van der Waals surface area (Å²) in [6, 6.07) is 0. The molecule has 108 valence electrons. The number of rotatable bonds is 7. The fourth-order valence-electron chi connectivity index (χ4n) is 1.80. The van der Waals surface area contributed by atoms with Crippen LogP contribution in [0.4, 0.5) is 0 Å². The lowest BCUT2D eigenvalue weighted by Crippen LogP contribution is -2.59. The van der Waals surface area contributed by atoms with Gasteiger partial charge in [0, 0.05) is 6.61 Å². The Morgan fingerprint density at radius 1 is 1.00 bits per heavy atom. The molecule has 5 atom stereocenters. The monoisotopic (exact) mass is 282 g/mol. The van der Waals surface area contributed by atoms with Gasteiger partial charge in [0.2, 0.25) is 0 Å². The second kappa shape index (κ2) is 8.31. The Labute approximate surface area is 112 Å². The fraction of sp³-hybridized carbons (Fsp3) is 1.00. The van der Waals surface area contributed by atoms with Crippen LogP contribution in [0.3, 0.4) is 0 Å². The first kappa shape index (κ1) is 16.2. The molecule has 0 aromatic rings. The molecule has 0 amide bonds. The lowest BCUT2D eigenvalue weighted by Gasteiger charge is -2.39. The van der Waals surface area contributed by atoms with E-state index in [0.29, 0.717) is 6.61 Å². The summed E-state index contributed by atoms with van der Waals surface area (Å²) >= 11 is 4.09. The average Bonchev–Trinajstić information content (AvgIpc) is 2.38. The zero-order chi connectivity index (χ0) is 13.5. The highest BCUT2D eigenvalue weighted by atomic mass is 32.1. The largest absolute Gasteiger partial charge is 0.394 e. The minimum Gasteiger partial charge on any atom is -0.394 e. The van der Waals surface area contributed by atoms with E-state index in [4.69, 9.17) is 14.6 Å². The van der Waals surface area contributed by atoms with Gasteiger partial charge in [-0.15, -0.1) is 0 Å². The van der Waals surface area contributed by atoms with Crippen molar-refractivity contribution in [3.8, 4) is 0 Å². The van der Waals surface area contributed by atoms with Crippen LogP contribution < -0.4 is 0 Å². The van der Waals surface area contributed by atoms with E-state index in [2.05, 4.69) is 12.6 Å². The summed E-state index contributed by atoms with van der Waals surface area (Å²) in [5, 5.41) is 37.7. The number of ether oxygens (including phenoxy) is 2. The van der Waals surface area contributed by atoms with Crippen LogP contribution in [0.25, 0.3) is 0 Å². The highest BCUT2D eigenvalue weighted by Crippen LogP contribution is 2.22. The minimum atomic E-state index is -1.38. The van der Waals surface area contributed by atoms with E-state index < -0.39 is 37.3 Å². The van der Waals surface area contributed by atoms with Crippen molar-refractivity contribution in [2.45, 2.75) is 50.0 Å². The van der Waals surface area contributed by atoms with E-state index in [-0.39, 0.29) is 0 Å². The molecule has 0 bridgehead atoms. The normalized spacial score (nSPS) is 36.8. The van der Waals surface area contributed by atoms with Crippen LogP contribution in [0.1, 0.15) is 19.3 Å². The summed E-state index contributed by atoms with van der Waals surface area (Å²) in [6.07, 6.45) is -3.21. The van der Waals surface area contributed by atoms with E-state index in [1.165, 1.54) is 0 Å². The maximum Gasteiger partial charge on any atom is 0.186 e. The maximum absolute atomic E-state index is 9.67. The smallest absolute Gasteiger partial charge is 0.186 e. The molecule has 1 fully saturated rings. The SMILES string of the molecule is OCC1O[C@@H](OCCCCCS)[C@H](O)C(O)[C@@H]1O. The lowest BCUT2D eigenvalue weighted by molar-refractivity contribution is -0.301. The summed E-state index contributed by atoms with van der Waals surface area (Å²) in [5.41, 5.74) is 0. The first-order valence-electron chi connectivity index (χ1n) is 6.14. The molecule has 1 saturated heterocycles. The van der Waals surface area contributed by atoms with Crippen molar-refractivity contribution in [2.75, 3.05) is 19.0 Å². The first-order valence-corrected chi connectivity index (χ1v) is 6.78. The number of unbranched alkanes of at least 4 members (excludes halogenated alkanes) is 2. The molecule has 1 rings (SSSR count). The zero-order valence-electron chi connectivity index (χ0n) is 10.2. The van der Waals surface area contributed by atoms with Gasteiger partial charge in [0.15, 0.2) is 6.29 Å². The van der Waals surface area contributed by atoms with Crippen LogP contribution in [0, 0.1) is 0 Å². The Kier molecular flexibility index (Phi) is 7.47. The zero-order valence-corrected chi connectivity index (χ0v) is 11.1. The Morgan fingerprint density at radius 3 is 2.33 bits per heavy atom. The van der Waals surface area contributed by atoms with E-state index in [9.17, 15) is 15.3 Å². The molecule has 0 aromatic carbocycles. The van der Waals surface area contributed by atoms with Crippen molar-refractivity contribution in [3.05, 3.63) is 0 Å². The van der Waals surface area contributed by atoms with Crippen LogP contribution in [0.5, 0.6) is 0 Å². The van der Waals surface area contributed by atoms with Gasteiger partial charge in [-0.3, -0.25) is 0 Å². The van der Waals surface area contributed by atoms with Gasteiger partial charge in [0.05, 0.1) is 6.61 Å². The standard InChI is InChI=1S/C11H22O6S/c12-6-7-8(13)9(14)10(15)11(17-7)16-4-2-1-3-5-18/h7-15,18H,1-6H2/t7?,8-,9?,10-,11-/m1/s1. The van der Waals surface area contributed by atoms with Gasteiger partial charge in [0.25, 0.3) is 0 Å². The second-order valence-electron chi connectivity index (χ2n) is 4.35. The molecular formula is C11H22O6S. The Morgan fingerprint density at radius 2 is 1.72 bits per heavy atom.